The number of piperazine rings is 1. The lowest BCUT2D eigenvalue weighted by molar-refractivity contribution is -0.119. The first-order valence-electron chi connectivity index (χ1n) is 10.1. The molecular weight excluding hydrogens is 366 g/mol. The summed E-state index contributed by atoms with van der Waals surface area (Å²) in [5.74, 6) is -0.104. The zero-order chi connectivity index (χ0) is 20.8. The molecule has 7 heteroatoms. The van der Waals surface area contributed by atoms with E-state index in [-0.39, 0.29) is 5.91 Å². The predicted molar refractivity (Wildman–Crippen MR) is 116 cm³/mol. The zero-order valence-corrected chi connectivity index (χ0v) is 17.4. The van der Waals surface area contributed by atoms with Gasteiger partial charge in [0.1, 0.15) is 5.69 Å². The van der Waals surface area contributed by atoms with E-state index in [1.807, 2.05) is 6.07 Å². The molecule has 0 bridgehead atoms. The third-order valence-electron chi connectivity index (χ3n) is 5.35. The van der Waals surface area contributed by atoms with Crippen molar-refractivity contribution in [2.45, 2.75) is 20.8 Å². The van der Waals surface area contributed by atoms with Crippen LogP contribution in [0.2, 0.25) is 0 Å². The Morgan fingerprint density at radius 3 is 2.48 bits per heavy atom. The van der Waals surface area contributed by atoms with Gasteiger partial charge in [0, 0.05) is 62.5 Å². The summed E-state index contributed by atoms with van der Waals surface area (Å²) in [6.07, 6.45) is 2.48. The number of anilines is 3. The number of nitrogens with zero attached hydrogens (tertiary/aromatic N) is 4. The van der Waals surface area contributed by atoms with Crippen LogP contribution in [0.1, 0.15) is 29.9 Å². The van der Waals surface area contributed by atoms with Crippen LogP contribution in [0.25, 0.3) is 0 Å². The molecule has 1 N–H and O–H groups in total. The van der Waals surface area contributed by atoms with Gasteiger partial charge in [0.15, 0.2) is 0 Å². The molecule has 1 fully saturated rings. The second kappa shape index (κ2) is 9.41. The third kappa shape index (κ3) is 4.85. The van der Waals surface area contributed by atoms with Crippen LogP contribution in [0.15, 0.2) is 36.5 Å². The fraction of sp³-hybridized carbons (Fsp3) is 0.409. The molecule has 1 aromatic carbocycles. The number of carbonyl (C=O) groups is 2. The van der Waals surface area contributed by atoms with Gasteiger partial charge in [0.25, 0.3) is 5.91 Å². The molecule has 2 amide bonds. The Kier molecular flexibility index (Phi) is 6.69. The van der Waals surface area contributed by atoms with Crippen molar-refractivity contribution < 1.29 is 9.59 Å². The van der Waals surface area contributed by atoms with Crippen LogP contribution in [-0.4, -0.2) is 66.4 Å². The minimum absolute atomic E-state index is 0.104. The van der Waals surface area contributed by atoms with Gasteiger partial charge < -0.3 is 20.0 Å². The number of nitrogens with one attached hydrogen (secondary N) is 1. The number of aromatic nitrogens is 1. The second-order valence-corrected chi connectivity index (χ2v) is 7.16. The monoisotopic (exact) mass is 395 g/mol. The van der Waals surface area contributed by atoms with E-state index in [0.717, 1.165) is 36.4 Å². The minimum Gasteiger partial charge on any atom is -0.372 e. The highest BCUT2D eigenvalue weighted by Crippen LogP contribution is 2.26. The number of benzene rings is 1. The molecule has 1 saturated heterocycles. The highest BCUT2D eigenvalue weighted by atomic mass is 16.2. The maximum atomic E-state index is 12.8. The molecular formula is C22H29N5O2. The Morgan fingerprint density at radius 1 is 1.14 bits per heavy atom. The van der Waals surface area contributed by atoms with Crippen LogP contribution in [-0.2, 0) is 4.79 Å². The molecule has 2 heterocycles. The Labute approximate surface area is 172 Å². The fourth-order valence-electron chi connectivity index (χ4n) is 3.55. The van der Waals surface area contributed by atoms with Crippen molar-refractivity contribution in [1.82, 2.24) is 14.8 Å². The Bertz CT molecular complexity index is 858. The molecule has 3 rings (SSSR count). The van der Waals surface area contributed by atoms with Gasteiger partial charge in [-0.15, -0.1) is 0 Å². The van der Waals surface area contributed by atoms with E-state index in [0.29, 0.717) is 31.9 Å². The fourth-order valence-corrected chi connectivity index (χ4v) is 3.55. The number of rotatable bonds is 7. The Hall–Kier alpha value is -3.09. The van der Waals surface area contributed by atoms with Crippen molar-refractivity contribution in [3.8, 4) is 0 Å². The van der Waals surface area contributed by atoms with Crippen molar-refractivity contribution >= 4 is 29.4 Å². The van der Waals surface area contributed by atoms with Crippen molar-refractivity contribution in [1.29, 1.82) is 0 Å². The molecule has 0 saturated carbocycles. The van der Waals surface area contributed by atoms with Gasteiger partial charge in [-0.2, -0.15) is 0 Å². The quantitative estimate of drug-likeness (QED) is 0.730. The van der Waals surface area contributed by atoms with E-state index in [1.54, 1.807) is 22.1 Å². The normalized spacial score (nSPS) is 13.9. The van der Waals surface area contributed by atoms with Gasteiger partial charge in [-0.25, -0.2) is 0 Å². The number of amides is 2. The van der Waals surface area contributed by atoms with Crippen LogP contribution in [0.5, 0.6) is 0 Å². The number of aryl methyl sites for hydroxylation is 1. The Morgan fingerprint density at radius 2 is 1.86 bits per heavy atom. The van der Waals surface area contributed by atoms with Crippen LogP contribution in [0.3, 0.4) is 0 Å². The van der Waals surface area contributed by atoms with Crippen LogP contribution in [0.4, 0.5) is 17.1 Å². The lowest BCUT2D eigenvalue weighted by Gasteiger charge is -2.32. The first-order chi connectivity index (χ1) is 14.0. The zero-order valence-electron chi connectivity index (χ0n) is 17.4. The molecule has 0 unspecified atom stereocenters. The number of carbonyl (C=O) groups excluding carboxylic acids is 2. The Balaban J connectivity index is 1.71. The topological polar surface area (TPSA) is 68.8 Å². The van der Waals surface area contributed by atoms with Crippen molar-refractivity contribution in [3.05, 3.63) is 47.8 Å². The maximum absolute atomic E-state index is 12.8. The van der Waals surface area contributed by atoms with Crippen molar-refractivity contribution in [3.63, 3.8) is 0 Å². The summed E-state index contributed by atoms with van der Waals surface area (Å²) in [6, 6.07) is 10.0. The van der Waals surface area contributed by atoms with E-state index in [1.165, 1.54) is 5.69 Å². The molecule has 7 nitrogen and oxygen atoms in total. The summed E-state index contributed by atoms with van der Waals surface area (Å²) in [6.45, 7) is 10.5. The predicted octanol–water partition coefficient (Wildman–Crippen LogP) is 2.89. The highest BCUT2D eigenvalue weighted by molar-refractivity contribution is 5.93. The smallest absolute Gasteiger partial charge is 0.272 e. The van der Waals surface area contributed by atoms with Crippen LogP contribution in [0, 0.1) is 6.92 Å². The van der Waals surface area contributed by atoms with E-state index < -0.39 is 0 Å². The SMILES string of the molecule is CCN(CC)c1ccc(Nc2ccnc(C(=O)N3CCN(C=O)CC3)c2)c(C)c1. The van der Waals surface area contributed by atoms with Crippen molar-refractivity contribution in [2.24, 2.45) is 0 Å². The van der Waals surface area contributed by atoms with E-state index in [9.17, 15) is 9.59 Å². The maximum Gasteiger partial charge on any atom is 0.272 e. The molecule has 0 aliphatic carbocycles. The van der Waals surface area contributed by atoms with Gasteiger partial charge >= 0.3 is 0 Å². The number of hydrogen-bond donors (Lipinski definition) is 1. The summed E-state index contributed by atoms with van der Waals surface area (Å²) in [5.41, 5.74) is 4.59. The molecule has 154 valence electrons. The molecule has 2 aromatic rings. The first-order valence-corrected chi connectivity index (χ1v) is 10.1. The summed E-state index contributed by atoms with van der Waals surface area (Å²) in [4.78, 5) is 33.6. The van der Waals surface area contributed by atoms with E-state index in [2.05, 4.69) is 54.2 Å². The lowest BCUT2D eigenvalue weighted by atomic mass is 10.1. The number of hydrogen-bond acceptors (Lipinski definition) is 5. The highest BCUT2D eigenvalue weighted by Gasteiger charge is 2.22. The second-order valence-electron chi connectivity index (χ2n) is 7.16. The molecule has 0 radical (unpaired) electrons. The third-order valence-corrected chi connectivity index (χ3v) is 5.35. The average Bonchev–Trinajstić information content (AvgIpc) is 2.76. The van der Waals surface area contributed by atoms with Gasteiger partial charge in [-0.1, -0.05) is 0 Å². The van der Waals surface area contributed by atoms with Gasteiger partial charge in [-0.05, 0) is 56.7 Å². The lowest BCUT2D eigenvalue weighted by Crippen LogP contribution is -2.48. The standard InChI is InChI=1S/C22H29N5O2/c1-4-26(5-2)19-6-7-20(17(3)14-19)24-18-8-9-23-21(15-18)22(29)27-12-10-25(16-28)11-13-27/h6-9,14-16H,4-5,10-13H2,1-3H3,(H,23,24). The first kappa shape index (κ1) is 20.6. The largest absolute Gasteiger partial charge is 0.372 e. The van der Waals surface area contributed by atoms with Gasteiger partial charge in [0.2, 0.25) is 6.41 Å². The number of pyridine rings is 1. The molecule has 1 aromatic heterocycles. The summed E-state index contributed by atoms with van der Waals surface area (Å²) in [7, 11) is 0. The summed E-state index contributed by atoms with van der Waals surface area (Å²) < 4.78 is 0. The van der Waals surface area contributed by atoms with Crippen molar-refractivity contribution in [2.75, 3.05) is 49.5 Å². The van der Waals surface area contributed by atoms with Gasteiger partial charge in [0.05, 0.1) is 0 Å². The summed E-state index contributed by atoms with van der Waals surface area (Å²) in [5, 5.41) is 3.40. The molecule has 1 aliphatic rings. The average molecular weight is 396 g/mol. The molecule has 29 heavy (non-hydrogen) atoms. The van der Waals surface area contributed by atoms with Crippen LogP contribution < -0.4 is 10.2 Å². The molecule has 0 spiro atoms. The molecule has 0 atom stereocenters. The van der Waals surface area contributed by atoms with E-state index >= 15 is 0 Å². The molecule has 1 aliphatic heterocycles. The summed E-state index contributed by atoms with van der Waals surface area (Å²) >= 11 is 0. The van der Waals surface area contributed by atoms with Crippen LogP contribution >= 0.6 is 0 Å². The van der Waals surface area contributed by atoms with Gasteiger partial charge in [-0.3, -0.25) is 14.6 Å². The van der Waals surface area contributed by atoms with E-state index in [4.69, 9.17) is 0 Å². The minimum atomic E-state index is -0.104.